The zero-order valence-corrected chi connectivity index (χ0v) is 19.9. The molecule has 0 saturated carbocycles. The van der Waals surface area contributed by atoms with Gasteiger partial charge in [-0.1, -0.05) is 11.6 Å². The largest absolute Gasteiger partial charge is 0.370 e. The second-order valence-corrected chi connectivity index (χ2v) is 10.0. The van der Waals surface area contributed by atoms with E-state index in [4.69, 9.17) is 16.9 Å². The number of hydrogen-bond donors (Lipinski definition) is 1. The van der Waals surface area contributed by atoms with Gasteiger partial charge in [0.25, 0.3) is 15.9 Å². The normalized spacial score (nSPS) is 14.2. The standard InChI is InChI=1S/C25H23ClN4O3S/c26-21-6-8-22(9-7-21)28-34(32,33)24-12-4-20(5-13-24)25(31)30-15-1-14-29(16-17-30)23-10-2-19(18-27)3-11-23/h2-13,28H,1,14-17H2. The second-order valence-electron chi connectivity index (χ2n) is 7.93. The van der Waals surface area contributed by atoms with E-state index in [1.807, 2.05) is 12.1 Å². The Morgan fingerprint density at radius 3 is 2.21 bits per heavy atom. The molecule has 4 rings (SSSR count). The number of carbonyl (C=O) groups is 1. The molecular formula is C25H23ClN4O3S. The van der Waals surface area contributed by atoms with Crippen molar-refractivity contribution < 1.29 is 13.2 Å². The molecule has 1 N–H and O–H groups in total. The second kappa shape index (κ2) is 10.2. The van der Waals surface area contributed by atoms with Gasteiger partial charge in [-0.25, -0.2) is 8.42 Å². The first-order valence-electron chi connectivity index (χ1n) is 10.8. The van der Waals surface area contributed by atoms with Gasteiger partial charge in [-0.15, -0.1) is 0 Å². The fourth-order valence-corrected chi connectivity index (χ4v) is 5.00. The number of benzene rings is 3. The van der Waals surface area contributed by atoms with Gasteiger partial charge in [0, 0.05) is 48.1 Å². The molecule has 7 nitrogen and oxygen atoms in total. The third-order valence-electron chi connectivity index (χ3n) is 5.65. The maximum atomic E-state index is 13.1. The maximum Gasteiger partial charge on any atom is 0.261 e. The topological polar surface area (TPSA) is 93.5 Å². The van der Waals surface area contributed by atoms with Crippen molar-refractivity contribution in [3.8, 4) is 6.07 Å². The predicted octanol–water partition coefficient (Wildman–Crippen LogP) is 4.36. The van der Waals surface area contributed by atoms with Crippen LogP contribution < -0.4 is 9.62 Å². The van der Waals surface area contributed by atoms with E-state index in [1.54, 1.807) is 53.4 Å². The fraction of sp³-hybridized carbons (Fsp3) is 0.200. The number of amides is 1. The van der Waals surface area contributed by atoms with Crippen LogP contribution in [0.1, 0.15) is 22.3 Å². The average Bonchev–Trinajstić information content (AvgIpc) is 3.11. The summed E-state index contributed by atoms with van der Waals surface area (Å²) in [6.45, 7) is 2.65. The summed E-state index contributed by atoms with van der Waals surface area (Å²) in [6.07, 6.45) is 0.809. The van der Waals surface area contributed by atoms with Crippen molar-refractivity contribution >= 4 is 38.9 Å². The van der Waals surface area contributed by atoms with Crippen LogP contribution in [0.15, 0.2) is 77.7 Å². The first-order valence-corrected chi connectivity index (χ1v) is 12.6. The van der Waals surface area contributed by atoms with Crippen molar-refractivity contribution in [2.24, 2.45) is 0 Å². The molecule has 0 bridgehead atoms. The lowest BCUT2D eigenvalue weighted by Gasteiger charge is -2.24. The Labute approximate surface area is 204 Å². The molecular weight excluding hydrogens is 472 g/mol. The Morgan fingerprint density at radius 1 is 0.882 bits per heavy atom. The highest BCUT2D eigenvalue weighted by Gasteiger charge is 2.22. The Morgan fingerprint density at radius 2 is 1.56 bits per heavy atom. The van der Waals surface area contributed by atoms with Crippen LogP contribution in [-0.4, -0.2) is 45.4 Å². The molecule has 1 fully saturated rings. The molecule has 9 heteroatoms. The summed E-state index contributed by atoms with van der Waals surface area (Å²) in [7, 11) is -3.79. The average molecular weight is 495 g/mol. The maximum absolute atomic E-state index is 13.1. The number of sulfonamides is 1. The third kappa shape index (κ3) is 5.50. The number of nitrogens with one attached hydrogen (secondary N) is 1. The lowest BCUT2D eigenvalue weighted by molar-refractivity contribution is 0.0767. The molecule has 3 aromatic carbocycles. The van der Waals surface area contributed by atoms with E-state index in [1.165, 1.54) is 12.1 Å². The fourth-order valence-electron chi connectivity index (χ4n) is 3.82. The van der Waals surface area contributed by atoms with Crippen molar-refractivity contribution in [1.29, 1.82) is 5.26 Å². The van der Waals surface area contributed by atoms with Crippen LogP contribution >= 0.6 is 11.6 Å². The molecule has 0 aromatic heterocycles. The molecule has 0 unspecified atom stereocenters. The summed E-state index contributed by atoms with van der Waals surface area (Å²) >= 11 is 5.85. The van der Waals surface area contributed by atoms with E-state index >= 15 is 0 Å². The van der Waals surface area contributed by atoms with Crippen LogP contribution in [0.4, 0.5) is 11.4 Å². The summed E-state index contributed by atoms with van der Waals surface area (Å²) < 4.78 is 27.8. The van der Waals surface area contributed by atoms with Gasteiger partial charge in [0.2, 0.25) is 0 Å². The predicted molar refractivity (Wildman–Crippen MR) is 133 cm³/mol. The first-order chi connectivity index (χ1) is 16.4. The van der Waals surface area contributed by atoms with Gasteiger partial charge in [0.15, 0.2) is 0 Å². The number of anilines is 2. The van der Waals surface area contributed by atoms with E-state index < -0.39 is 10.0 Å². The molecule has 1 amide bonds. The Balaban J connectivity index is 1.41. The van der Waals surface area contributed by atoms with Crippen molar-refractivity contribution in [3.05, 3.63) is 88.9 Å². The first kappa shape index (κ1) is 23.6. The van der Waals surface area contributed by atoms with Gasteiger partial charge < -0.3 is 9.80 Å². The molecule has 0 spiro atoms. The molecule has 1 heterocycles. The van der Waals surface area contributed by atoms with E-state index in [0.717, 1.165) is 18.7 Å². The minimum absolute atomic E-state index is 0.0712. The van der Waals surface area contributed by atoms with Gasteiger partial charge in [0.05, 0.1) is 16.5 Å². The van der Waals surface area contributed by atoms with Crippen LogP contribution in [0.5, 0.6) is 0 Å². The molecule has 0 radical (unpaired) electrons. The Kier molecular flexibility index (Phi) is 7.06. The minimum atomic E-state index is -3.79. The van der Waals surface area contributed by atoms with Crippen LogP contribution in [0, 0.1) is 11.3 Å². The Bertz CT molecular complexity index is 1300. The van der Waals surface area contributed by atoms with Crippen molar-refractivity contribution in [1.82, 2.24) is 4.90 Å². The molecule has 174 valence electrons. The van der Waals surface area contributed by atoms with E-state index in [-0.39, 0.29) is 10.8 Å². The van der Waals surface area contributed by atoms with Gasteiger partial charge in [-0.05, 0) is 79.2 Å². The lowest BCUT2D eigenvalue weighted by Crippen LogP contribution is -2.35. The van der Waals surface area contributed by atoms with Gasteiger partial charge in [0.1, 0.15) is 0 Å². The molecule has 1 saturated heterocycles. The highest BCUT2D eigenvalue weighted by Crippen LogP contribution is 2.21. The SMILES string of the molecule is N#Cc1ccc(N2CCCN(C(=O)c3ccc(S(=O)(=O)Nc4ccc(Cl)cc4)cc3)CC2)cc1. The summed E-state index contributed by atoms with van der Waals surface area (Å²) in [5, 5.41) is 9.49. The molecule has 1 aliphatic heterocycles. The molecule has 1 aliphatic rings. The van der Waals surface area contributed by atoms with Crippen LogP contribution in [0.2, 0.25) is 5.02 Å². The van der Waals surface area contributed by atoms with Crippen molar-refractivity contribution in [2.45, 2.75) is 11.3 Å². The van der Waals surface area contributed by atoms with Crippen molar-refractivity contribution in [2.75, 3.05) is 35.8 Å². The summed E-state index contributed by atoms with van der Waals surface area (Å²) in [5.74, 6) is -0.128. The molecule has 3 aromatic rings. The monoisotopic (exact) mass is 494 g/mol. The summed E-state index contributed by atoms with van der Waals surface area (Å²) in [4.78, 5) is 17.1. The van der Waals surface area contributed by atoms with Gasteiger partial charge >= 0.3 is 0 Å². The summed E-state index contributed by atoms with van der Waals surface area (Å²) in [6, 6.07) is 21.9. The van der Waals surface area contributed by atoms with Gasteiger partial charge in [-0.2, -0.15) is 5.26 Å². The molecule has 0 aliphatic carbocycles. The zero-order chi connectivity index (χ0) is 24.1. The van der Waals surface area contributed by atoms with E-state index in [9.17, 15) is 13.2 Å². The van der Waals surface area contributed by atoms with Crippen LogP contribution in [-0.2, 0) is 10.0 Å². The number of nitriles is 1. The Hall–Kier alpha value is -3.54. The number of halogens is 1. The van der Waals surface area contributed by atoms with Crippen LogP contribution in [0.3, 0.4) is 0 Å². The smallest absolute Gasteiger partial charge is 0.261 e. The van der Waals surface area contributed by atoms with Crippen LogP contribution in [0.25, 0.3) is 0 Å². The van der Waals surface area contributed by atoms with E-state index in [2.05, 4.69) is 15.7 Å². The highest BCUT2D eigenvalue weighted by atomic mass is 35.5. The molecule has 0 atom stereocenters. The van der Waals surface area contributed by atoms with Gasteiger partial charge in [-0.3, -0.25) is 9.52 Å². The highest BCUT2D eigenvalue weighted by molar-refractivity contribution is 7.92. The minimum Gasteiger partial charge on any atom is -0.370 e. The number of nitrogens with zero attached hydrogens (tertiary/aromatic N) is 3. The van der Waals surface area contributed by atoms with E-state index in [0.29, 0.717) is 41.5 Å². The summed E-state index contributed by atoms with van der Waals surface area (Å²) in [5.41, 5.74) is 2.48. The lowest BCUT2D eigenvalue weighted by atomic mass is 10.2. The van der Waals surface area contributed by atoms with Crippen molar-refractivity contribution in [3.63, 3.8) is 0 Å². The number of hydrogen-bond acceptors (Lipinski definition) is 5. The number of carbonyl (C=O) groups excluding carboxylic acids is 1. The molecule has 34 heavy (non-hydrogen) atoms. The zero-order valence-electron chi connectivity index (χ0n) is 18.3. The third-order valence-corrected chi connectivity index (χ3v) is 7.30. The quantitative estimate of drug-likeness (QED) is 0.568. The number of rotatable bonds is 5.